The first kappa shape index (κ1) is 16.7. The van der Waals surface area contributed by atoms with Crippen LogP contribution in [0.2, 0.25) is 0 Å². The predicted octanol–water partition coefficient (Wildman–Crippen LogP) is 1.88. The van der Waals surface area contributed by atoms with Crippen molar-refractivity contribution >= 4 is 22.8 Å². The molecule has 7 nitrogen and oxygen atoms in total. The van der Waals surface area contributed by atoms with Gasteiger partial charge in [0.15, 0.2) is 5.65 Å². The van der Waals surface area contributed by atoms with Crippen molar-refractivity contribution in [2.24, 2.45) is 13.0 Å². The van der Waals surface area contributed by atoms with Gasteiger partial charge in [0.2, 0.25) is 5.91 Å². The zero-order chi connectivity index (χ0) is 17.1. The molecule has 0 spiro atoms. The van der Waals surface area contributed by atoms with Gasteiger partial charge >= 0.3 is 0 Å². The summed E-state index contributed by atoms with van der Waals surface area (Å²) in [6.45, 7) is 5.83. The third kappa shape index (κ3) is 3.34. The van der Waals surface area contributed by atoms with E-state index in [0.717, 1.165) is 49.1 Å². The molecule has 0 aliphatic carbocycles. The minimum Gasteiger partial charge on any atom is -0.355 e. The van der Waals surface area contributed by atoms with E-state index >= 15 is 0 Å². The van der Waals surface area contributed by atoms with Crippen LogP contribution in [0.15, 0.2) is 12.5 Å². The summed E-state index contributed by atoms with van der Waals surface area (Å²) in [6, 6.07) is 0.238. The molecule has 2 aromatic heterocycles. The summed E-state index contributed by atoms with van der Waals surface area (Å²) in [7, 11) is 1.88. The van der Waals surface area contributed by atoms with Crippen LogP contribution < -0.4 is 10.2 Å². The van der Waals surface area contributed by atoms with Crippen molar-refractivity contribution in [3.05, 3.63) is 12.5 Å². The number of nitrogens with zero attached hydrogens (tertiary/aromatic N) is 5. The number of piperidine rings is 1. The standard InChI is InChI=1S/C17H26N6O/c1-4-6-12(2)21-17(24)13-7-5-8-23(10-13)16-14-9-20-22(3)15(14)18-11-19-16/h9,11-13H,4-8,10H2,1-3H3,(H,21,24). The van der Waals surface area contributed by atoms with Gasteiger partial charge in [-0.1, -0.05) is 13.3 Å². The molecular weight excluding hydrogens is 304 g/mol. The maximum atomic E-state index is 12.5. The average molecular weight is 330 g/mol. The fraction of sp³-hybridized carbons (Fsp3) is 0.647. The van der Waals surface area contributed by atoms with E-state index in [9.17, 15) is 4.79 Å². The molecule has 1 aliphatic rings. The lowest BCUT2D eigenvalue weighted by molar-refractivity contribution is -0.125. The van der Waals surface area contributed by atoms with Crippen molar-refractivity contribution in [2.75, 3.05) is 18.0 Å². The first-order valence-electron chi connectivity index (χ1n) is 8.78. The van der Waals surface area contributed by atoms with Crippen molar-refractivity contribution in [1.82, 2.24) is 25.1 Å². The molecule has 1 N–H and O–H groups in total. The number of aryl methyl sites for hydroxylation is 1. The van der Waals surface area contributed by atoms with E-state index in [1.165, 1.54) is 0 Å². The maximum absolute atomic E-state index is 12.5. The fourth-order valence-corrected chi connectivity index (χ4v) is 3.45. The Morgan fingerprint density at radius 2 is 2.29 bits per heavy atom. The molecule has 2 atom stereocenters. The van der Waals surface area contributed by atoms with Crippen molar-refractivity contribution in [1.29, 1.82) is 0 Å². The molecule has 0 radical (unpaired) electrons. The number of nitrogens with one attached hydrogen (secondary N) is 1. The Morgan fingerprint density at radius 1 is 1.46 bits per heavy atom. The number of hydrogen-bond donors (Lipinski definition) is 1. The second-order valence-electron chi connectivity index (χ2n) is 6.69. The SMILES string of the molecule is CCCC(C)NC(=O)C1CCCN(c2ncnc3c2cnn3C)C1. The highest BCUT2D eigenvalue weighted by molar-refractivity contribution is 5.87. The van der Waals surface area contributed by atoms with E-state index in [1.54, 1.807) is 17.2 Å². The summed E-state index contributed by atoms with van der Waals surface area (Å²) >= 11 is 0. The van der Waals surface area contributed by atoms with Crippen LogP contribution in [0.4, 0.5) is 5.82 Å². The normalized spacial score (nSPS) is 19.5. The van der Waals surface area contributed by atoms with Crippen LogP contribution in [0, 0.1) is 5.92 Å². The number of hydrogen-bond acceptors (Lipinski definition) is 5. The van der Waals surface area contributed by atoms with Crippen LogP contribution >= 0.6 is 0 Å². The molecule has 1 fully saturated rings. The van der Waals surface area contributed by atoms with Crippen LogP contribution in [-0.2, 0) is 11.8 Å². The number of aromatic nitrogens is 4. The van der Waals surface area contributed by atoms with Crippen molar-refractivity contribution in [3.8, 4) is 0 Å². The zero-order valence-corrected chi connectivity index (χ0v) is 14.7. The molecule has 130 valence electrons. The second-order valence-corrected chi connectivity index (χ2v) is 6.69. The molecule has 0 aromatic carbocycles. The van der Waals surface area contributed by atoms with Gasteiger partial charge in [-0.25, -0.2) is 9.97 Å². The summed E-state index contributed by atoms with van der Waals surface area (Å²) in [5, 5.41) is 8.37. The number of amides is 1. The van der Waals surface area contributed by atoms with Gasteiger partial charge in [0.25, 0.3) is 0 Å². The highest BCUT2D eigenvalue weighted by Crippen LogP contribution is 2.27. The van der Waals surface area contributed by atoms with Crippen molar-refractivity contribution in [3.63, 3.8) is 0 Å². The van der Waals surface area contributed by atoms with E-state index in [4.69, 9.17) is 0 Å². The van der Waals surface area contributed by atoms with Gasteiger partial charge in [0.1, 0.15) is 12.1 Å². The summed E-state index contributed by atoms with van der Waals surface area (Å²) in [5.74, 6) is 1.06. The van der Waals surface area contributed by atoms with E-state index in [2.05, 4.69) is 39.1 Å². The highest BCUT2D eigenvalue weighted by Gasteiger charge is 2.28. The lowest BCUT2D eigenvalue weighted by Gasteiger charge is -2.33. The van der Waals surface area contributed by atoms with Crippen LogP contribution in [0.25, 0.3) is 11.0 Å². The lowest BCUT2D eigenvalue weighted by atomic mass is 9.96. The highest BCUT2D eigenvalue weighted by atomic mass is 16.2. The molecule has 1 amide bonds. The molecule has 2 unspecified atom stereocenters. The minimum absolute atomic E-state index is 0.0137. The molecule has 0 saturated carbocycles. The zero-order valence-electron chi connectivity index (χ0n) is 14.7. The van der Waals surface area contributed by atoms with E-state index in [1.807, 2.05) is 7.05 Å². The molecule has 1 aliphatic heterocycles. The van der Waals surface area contributed by atoms with Crippen LogP contribution in [-0.4, -0.2) is 44.8 Å². The van der Waals surface area contributed by atoms with E-state index < -0.39 is 0 Å². The number of carbonyl (C=O) groups is 1. The summed E-state index contributed by atoms with van der Waals surface area (Å²) in [6.07, 6.45) is 7.40. The minimum atomic E-state index is 0.0137. The summed E-state index contributed by atoms with van der Waals surface area (Å²) < 4.78 is 1.75. The van der Waals surface area contributed by atoms with Gasteiger partial charge in [-0.15, -0.1) is 0 Å². The first-order valence-corrected chi connectivity index (χ1v) is 8.78. The Kier molecular flexibility index (Phi) is 4.97. The second kappa shape index (κ2) is 7.15. The van der Waals surface area contributed by atoms with Gasteiger partial charge in [0.05, 0.1) is 17.5 Å². The smallest absolute Gasteiger partial charge is 0.225 e. The molecule has 2 aromatic rings. The topological polar surface area (TPSA) is 75.9 Å². The Labute approximate surface area is 142 Å². The summed E-state index contributed by atoms with van der Waals surface area (Å²) in [4.78, 5) is 23.5. The number of anilines is 1. The molecule has 1 saturated heterocycles. The maximum Gasteiger partial charge on any atom is 0.225 e. The monoisotopic (exact) mass is 330 g/mol. The van der Waals surface area contributed by atoms with Gasteiger partial charge in [-0.05, 0) is 26.2 Å². The van der Waals surface area contributed by atoms with Gasteiger partial charge in [-0.2, -0.15) is 5.10 Å². The van der Waals surface area contributed by atoms with E-state index in [0.29, 0.717) is 6.54 Å². The van der Waals surface area contributed by atoms with Gasteiger partial charge < -0.3 is 10.2 Å². The Morgan fingerprint density at radius 3 is 3.08 bits per heavy atom. The predicted molar refractivity (Wildman–Crippen MR) is 93.8 cm³/mol. The largest absolute Gasteiger partial charge is 0.355 e. The lowest BCUT2D eigenvalue weighted by Crippen LogP contribution is -2.45. The molecular formula is C17H26N6O. The third-order valence-electron chi connectivity index (χ3n) is 4.71. The van der Waals surface area contributed by atoms with Crippen LogP contribution in [0.5, 0.6) is 0 Å². The molecule has 3 rings (SSSR count). The summed E-state index contributed by atoms with van der Waals surface area (Å²) in [5.41, 5.74) is 0.822. The average Bonchev–Trinajstić information content (AvgIpc) is 2.96. The molecule has 3 heterocycles. The van der Waals surface area contributed by atoms with Crippen LogP contribution in [0.1, 0.15) is 39.5 Å². The van der Waals surface area contributed by atoms with Gasteiger partial charge in [0, 0.05) is 26.2 Å². The van der Waals surface area contributed by atoms with Crippen molar-refractivity contribution < 1.29 is 4.79 Å². The Balaban J connectivity index is 1.74. The third-order valence-corrected chi connectivity index (χ3v) is 4.71. The van der Waals surface area contributed by atoms with E-state index in [-0.39, 0.29) is 17.9 Å². The quantitative estimate of drug-likeness (QED) is 0.906. The Bertz CT molecular complexity index is 712. The van der Waals surface area contributed by atoms with Crippen molar-refractivity contribution in [2.45, 2.75) is 45.6 Å². The molecule has 0 bridgehead atoms. The number of rotatable bonds is 5. The Hall–Kier alpha value is -2.18. The molecule has 24 heavy (non-hydrogen) atoms. The van der Waals surface area contributed by atoms with Gasteiger partial charge in [-0.3, -0.25) is 9.48 Å². The number of fused-ring (bicyclic) bond motifs is 1. The first-order chi connectivity index (χ1) is 11.6. The number of carbonyl (C=O) groups excluding carboxylic acids is 1. The fourth-order valence-electron chi connectivity index (χ4n) is 3.45. The molecule has 7 heteroatoms. The van der Waals surface area contributed by atoms with Crippen LogP contribution in [0.3, 0.4) is 0 Å².